The van der Waals surface area contributed by atoms with Crippen LogP contribution in [0.2, 0.25) is 0 Å². The Morgan fingerprint density at radius 1 is 1.36 bits per heavy atom. The van der Waals surface area contributed by atoms with Gasteiger partial charge >= 0.3 is 0 Å². The van der Waals surface area contributed by atoms with Crippen LogP contribution in [0.3, 0.4) is 0 Å². The van der Waals surface area contributed by atoms with Crippen LogP contribution in [-0.4, -0.2) is 45.3 Å². The lowest BCUT2D eigenvalue weighted by atomic mass is 9.95. The van der Waals surface area contributed by atoms with Crippen molar-refractivity contribution in [3.63, 3.8) is 0 Å². The van der Waals surface area contributed by atoms with Crippen molar-refractivity contribution in [2.75, 3.05) is 20.1 Å². The van der Waals surface area contributed by atoms with Gasteiger partial charge in [0.1, 0.15) is 0 Å². The quantitative estimate of drug-likeness (QED) is 0.498. The first-order chi connectivity index (χ1) is 11.8. The Kier molecular flexibility index (Phi) is 6.38. The van der Waals surface area contributed by atoms with Gasteiger partial charge in [-0.25, -0.2) is 13.6 Å². The number of nitrogens with two attached hydrogens (primary N) is 2. The predicted octanol–water partition coefficient (Wildman–Crippen LogP) is -0.00320. The number of hydrogen-bond acceptors (Lipinski definition) is 4. The average molecular weight is 367 g/mol. The molecule has 0 aromatic heterocycles. The molecule has 0 aliphatic carbocycles. The molecule has 8 nitrogen and oxygen atoms in total. The summed E-state index contributed by atoms with van der Waals surface area (Å²) in [5.41, 5.74) is 6.22. The molecular formula is C16H25N5O3S. The number of likely N-dealkylation sites (tertiary alicyclic amines) is 1. The Hall–Kier alpha value is -2.13. The van der Waals surface area contributed by atoms with Crippen molar-refractivity contribution in [1.82, 2.24) is 10.2 Å². The molecule has 0 bridgehead atoms. The van der Waals surface area contributed by atoms with Gasteiger partial charge in [-0.15, -0.1) is 0 Å². The molecule has 1 fully saturated rings. The van der Waals surface area contributed by atoms with Crippen LogP contribution in [0.15, 0.2) is 34.2 Å². The molecule has 2 rings (SSSR count). The van der Waals surface area contributed by atoms with Crippen molar-refractivity contribution in [3.8, 4) is 0 Å². The summed E-state index contributed by atoms with van der Waals surface area (Å²) in [4.78, 5) is 17.6. The second kappa shape index (κ2) is 8.30. The first-order valence-corrected chi connectivity index (χ1v) is 9.70. The zero-order valence-electron chi connectivity index (χ0n) is 14.3. The molecule has 1 saturated heterocycles. The minimum atomic E-state index is -3.68. The van der Waals surface area contributed by atoms with Crippen LogP contribution in [0.1, 0.15) is 24.8 Å². The molecule has 1 aromatic carbocycles. The molecule has 1 amide bonds. The van der Waals surface area contributed by atoms with Crippen molar-refractivity contribution < 1.29 is 13.2 Å². The molecule has 1 aliphatic rings. The second-order valence-corrected chi connectivity index (χ2v) is 7.78. The standard InChI is InChI=1S/C16H25N5O3S/c1-19-16(21-8-2-3-13(11-21)9-15(17)22)20-10-12-4-6-14(7-5-12)25(18,23)24/h4-7,13H,2-3,8-11H2,1H3,(H2,17,22)(H,19,20)(H2,18,23,24). The van der Waals surface area contributed by atoms with Gasteiger partial charge in [0.05, 0.1) is 4.90 Å². The van der Waals surface area contributed by atoms with Crippen molar-refractivity contribution in [2.45, 2.75) is 30.7 Å². The first kappa shape index (κ1) is 19.2. The van der Waals surface area contributed by atoms with Gasteiger partial charge in [0, 0.05) is 33.1 Å². The average Bonchev–Trinajstić information content (AvgIpc) is 2.55. The summed E-state index contributed by atoms with van der Waals surface area (Å²) >= 11 is 0. The molecule has 0 saturated carbocycles. The Balaban J connectivity index is 1.95. The minimum absolute atomic E-state index is 0.0888. The summed E-state index contributed by atoms with van der Waals surface area (Å²) in [5, 5.41) is 8.36. The van der Waals surface area contributed by atoms with E-state index in [4.69, 9.17) is 10.9 Å². The SMILES string of the molecule is CN=C(NCc1ccc(S(N)(=O)=O)cc1)N1CCCC(CC(N)=O)C1. The number of primary amides is 1. The molecular weight excluding hydrogens is 342 g/mol. The summed E-state index contributed by atoms with van der Waals surface area (Å²) in [5.74, 6) is 0.730. The number of carbonyl (C=O) groups excluding carboxylic acids is 1. The molecule has 1 aliphatic heterocycles. The maximum atomic E-state index is 11.3. The first-order valence-electron chi connectivity index (χ1n) is 8.15. The van der Waals surface area contributed by atoms with Crippen molar-refractivity contribution in [3.05, 3.63) is 29.8 Å². The van der Waals surface area contributed by atoms with E-state index in [1.807, 2.05) is 0 Å². The maximum Gasteiger partial charge on any atom is 0.238 e. The third-order valence-corrected chi connectivity index (χ3v) is 5.15. The van der Waals surface area contributed by atoms with E-state index in [9.17, 15) is 13.2 Å². The number of nitrogens with one attached hydrogen (secondary N) is 1. The zero-order valence-corrected chi connectivity index (χ0v) is 15.1. The fourth-order valence-corrected chi connectivity index (χ4v) is 3.53. The molecule has 0 radical (unpaired) electrons. The molecule has 0 spiro atoms. The van der Waals surface area contributed by atoms with Gasteiger partial charge in [0.2, 0.25) is 15.9 Å². The van der Waals surface area contributed by atoms with Crippen LogP contribution in [0.25, 0.3) is 0 Å². The Labute approximate surface area is 148 Å². The second-order valence-electron chi connectivity index (χ2n) is 6.21. The normalized spacial score (nSPS) is 18.9. The molecule has 138 valence electrons. The number of primary sulfonamides is 1. The van der Waals surface area contributed by atoms with Crippen molar-refractivity contribution >= 4 is 21.9 Å². The number of aliphatic imine (C=N–C) groups is 1. The summed E-state index contributed by atoms with van der Waals surface area (Å²) in [6.07, 6.45) is 2.37. The van der Waals surface area contributed by atoms with Crippen LogP contribution < -0.4 is 16.2 Å². The minimum Gasteiger partial charge on any atom is -0.370 e. The Bertz CT molecular complexity index is 731. The molecule has 9 heteroatoms. The van der Waals surface area contributed by atoms with Gasteiger partial charge in [-0.2, -0.15) is 0 Å². The van der Waals surface area contributed by atoms with Crippen LogP contribution in [0.4, 0.5) is 0 Å². The summed E-state index contributed by atoms with van der Waals surface area (Å²) < 4.78 is 22.5. The Morgan fingerprint density at radius 2 is 2.04 bits per heavy atom. The zero-order chi connectivity index (χ0) is 18.4. The highest BCUT2D eigenvalue weighted by atomic mass is 32.2. The molecule has 1 atom stereocenters. The van der Waals surface area contributed by atoms with E-state index in [1.165, 1.54) is 12.1 Å². The van der Waals surface area contributed by atoms with Crippen LogP contribution in [0, 0.1) is 5.92 Å². The number of amides is 1. The number of carbonyl (C=O) groups is 1. The van der Waals surface area contributed by atoms with E-state index >= 15 is 0 Å². The van der Waals surface area contributed by atoms with Gasteiger partial charge in [0.15, 0.2) is 5.96 Å². The summed E-state index contributed by atoms with van der Waals surface area (Å²) in [6.45, 7) is 2.13. The van der Waals surface area contributed by atoms with Gasteiger partial charge in [-0.3, -0.25) is 9.79 Å². The van der Waals surface area contributed by atoms with Crippen molar-refractivity contribution in [2.24, 2.45) is 21.8 Å². The van der Waals surface area contributed by atoms with Crippen LogP contribution in [0.5, 0.6) is 0 Å². The van der Waals surface area contributed by atoms with Gasteiger partial charge < -0.3 is 16.0 Å². The number of benzene rings is 1. The molecule has 5 N–H and O–H groups in total. The molecule has 25 heavy (non-hydrogen) atoms. The van der Waals surface area contributed by atoms with E-state index in [0.717, 1.165) is 37.5 Å². The fourth-order valence-electron chi connectivity index (χ4n) is 3.02. The monoisotopic (exact) mass is 367 g/mol. The molecule has 1 unspecified atom stereocenters. The van der Waals surface area contributed by atoms with Crippen LogP contribution in [-0.2, 0) is 21.4 Å². The highest BCUT2D eigenvalue weighted by molar-refractivity contribution is 7.89. The maximum absolute atomic E-state index is 11.3. The predicted molar refractivity (Wildman–Crippen MR) is 96.1 cm³/mol. The largest absolute Gasteiger partial charge is 0.370 e. The lowest BCUT2D eigenvalue weighted by Gasteiger charge is -2.34. The number of sulfonamides is 1. The van der Waals surface area contributed by atoms with Gasteiger partial charge in [0.25, 0.3) is 0 Å². The van der Waals surface area contributed by atoms with Gasteiger partial charge in [-0.1, -0.05) is 12.1 Å². The number of guanidine groups is 1. The number of hydrogen-bond donors (Lipinski definition) is 3. The van der Waals surface area contributed by atoms with E-state index < -0.39 is 10.0 Å². The lowest BCUT2D eigenvalue weighted by Crippen LogP contribution is -2.46. The van der Waals surface area contributed by atoms with E-state index in [1.54, 1.807) is 19.2 Å². The highest BCUT2D eigenvalue weighted by Gasteiger charge is 2.23. The topological polar surface area (TPSA) is 131 Å². The number of nitrogens with zero attached hydrogens (tertiary/aromatic N) is 2. The molecule has 1 aromatic rings. The van der Waals surface area contributed by atoms with E-state index in [2.05, 4.69) is 15.2 Å². The highest BCUT2D eigenvalue weighted by Crippen LogP contribution is 2.19. The number of rotatable bonds is 5. The molecule has 1 heterocycles. The fraction of sp³-hybridized carbons (Fsp3) is 0.500. The van der Waals surface area contributed by atoms with E-state index in [-0.39, 0.29) is 16.7 Å². The third kappa shape index (κ3) is 5.71. The third-order valence-electron chi connectivity index (χ3n) is 4.22. The summed E-state index contributed by atoms with van der Waals surface area (Å²) in [7, 11) is -1.97. The Morgan fingerprint density at radius 3 is 2.60 bits per heavy atom. The lowest BCUT2D eigenvalue weighted by molar-refractivity contribution is -0.119. The number of piperidine rings is 1. The van der Waals surface area contributed by atoms with Crippen molar-refractivity contribution in [1.29, 1.82) is 0 Å². The smallest absolute Gasteiger partial charge is 0.238 e. The van der Waals surface area contributed by atoms with E-state index in [0.29, 0.717) is 13.0 Å². The van der Waals surface area contributed by atoms with Gasteiger partial charge in [-0.05, 0) is 36.5 Å². The van der Waals surface area contributed by atoms with Crippen LogP contribution >= 0.6 is 0 Å². The summed E-state index contributed by atoms with van der Waals surface area (Å²) in [6, 6.07) is 6.40.